The van der Waals surface area contributed by atoms with Gasteiger partial charge in [-0.1, -0.05) is 12.2 Å². The smallest absolute Gasteiger partial charge is 0.123 e. The topological polar surface area (TPSA) is 56.5 Å². The second-order valence-corrected chi connectivity index (χ2v) is 4.21. The van der Waals surface area contributed by atoms with Crippen LogP contribution in [0.25, 0.3) is 0 Å². The van der Waals surface area contributed by atoms with Gasteiger partial charge in [-0.3, -0.25) is 0 Å². The molecule has 3 N–H and O–H groups in total. The maximum absolute atomic E-state index is 5.86. The van der Waals surface area contributed by atoms with Crippen LogP contribution < -0.4 is 20.5 Å². The van der Waals surface area contributed by atoms with Gasteiger partial charge >= 0.3 is 0 Å². The summed E-state index contributed by atoms with van der Waals surface area (Å²) in [5.41, 5.74) is 6.89. The van der Waals surface area contributed by atoms with Crippen LogP contribution in [0.2, 0.25) is 0 Å². The molecule has 0 saturated carbocycles. The summed E-state index contributed by atoms with van der Waals surface area (Å²) in [6, 6.07) is 5.83. The van der Waals surface area contributed by atoms with E-state index in [-0.39, 0.29) is 6.04 Å². The molecule has 19 heavy (non-hydrogen) atoms. The zero-order valence-corrected chi connectivity index (χ0v) is 12.0. The first-order valence-corrected chi connectivity index (χ1v) is 6.53. The molecule has 106 valence electrons. The van der Waals surface area contributed by atoms with E-state index in [2.05, 4.69) is 11.4 Å². The van der Waals surface area contributed by atoms with Gasteiger partial charge in [0.05, 0.1) is 14.2 Å². The van der Waals surface area contributed by atoms with Gasteiger partial charge in [0.25, 0.3) is 0 Å². The third kappa shape index (κ3) is 4.58. The number of allylic oxidation sites excluding steroid dienone is 1. The van der Waals surface area contributed by atoms with Crippen molar-refractivity contribution in [1.29, 1.82) is 0 Å². The van der Waals surface area contributed by atoms with Gasteiger partial charge in [0.1, 0.15) is 11.5 Å². The molecule has 0 aliphatic carbocycles. The monoisotopic (exact) mass is 264 g/mol. The van der Waals surface area contributed by atoms with Crippen LogP contribution in [0.5, 0.6) is 11.5 Å². The van der Waals surface area contributed by atoms with Crippen molar-refractivity contribution in [2.75, 3.05) is 27.3 Å². The number of nitrogens with two attached hydrogens (primary N) is 1. The Morgan fingerprint density at radius 1 is 1.32 bits per heavy atom. The zero-order chi connectivity index (χ0) is 14.1. The van der Waals surface area contributed by atoms with Crippen LogP contribution in [0.1, 0.15) is 24.9 Å². The van der Waals surface area contributed by atoms with E-state index in [0.717, 1.165) is 30.0 Å². The van der Waals surface area contributed by atoms with E-state index in [9.17, 15) is 0 Å². The highest BCUT2D eigenvalue weighted by Crippen LogP contribution is 2.28. The molecular formula is C15H24N2O2. The molecule has 0 aromatic heterocycles. The Labute approximate surface area is 115 Å². The fourth-order valence-electron chi connectivity index (χ4n) is 1.94. The minimum absolute atomic E-state index is 0.0651. The summed E-state index contributed by atoms with van der Waals surface area (Å²) >= 11 is 0. The Morgan fingerprint density at radius 2 is 2.11 bits per heavy atom. The number of hydrogen-bond donors (Lipinski definition) is 2. The number of benzene rings is 1. The molecule has 0 saturated heterocycles. The van der Waals surface area contributed by atoms with Gasteiger partial charge in [-0.05, 0) is 38.1 Å². The molecule has 1 rings (SSSR count). The van der Waals surface area contributed by atoms with Crippen molar-refractivity contribution < 1.29 is 9.47 Å². The minimum atomic E-state index is 0.0651. The quantitative estimate of drug-likeness (QED) is 0.558. The Balaban J connectivity index is 2.82. The van der Waals surface area contributed by atoms with Crippen molar-refractivity contribution in [1.82, 2.24) is 5.32 Å². The van der Waals surface area contributed by atoms with E-state index < -0.39 is 0 Å². The fraction of sp³-hybridized carbons (Fsp3) is 0.467. The lowest BCUT2D eigenvalue weighted by Crippen LogP contribution is -2.29. The molecule has 0 aliphatic heterocycles. The Kier molecular flexibility index (Phi) is 7.00. The van der Waals surface area contributed by atoms with Crippen LogP contribution in [0, 0.1) is 0 Å². The van der Waals surface area contributed by atoms with Crippen LogP contribution in [-0.2, 0) is 0 Å². The van der Waals surface area contributed by atoms with Crippen molar-refractivity contribution in [2.24, 2.45) is 5.73 Å². The van der Waals surface area contributed by atoms with Crippen LogP contribution >= 0.6 is 0 Å². The van der Waals surface area contributed by atoms with Crippen molar-refractivity contribution in [2.45, 2.75) is 19.4 Å². The summed E-state index contributed by atoms with van der Waals surface area (Å²) in [5, 5.41) is 3.43. The number of nitrogens with one attached hydrogen (secondary N) is 1. The van der Waals surface area contributed by atoms with E-state index in [1.165, 1.54) is 0 Å². The Hall–Kier alpha value is -1.52. The molecule has 0 radical (unpaired) electrons. The molecule has 4 heteroatoms. The van der Waals surface area contributed by atoms with E-state index >= 15 is 0 Å². The summed E-state index contributed by atoms with van der Waals surface area (Å²) in [6.45, 7) is 3.41. The summed E-state index contributed by atoms with van der Waals surface area (Å²) in [7, 11) is 3.32. The van der Waals surface area contributed by atoms with Crippen molar-refractivity contribution >= 4 is 0 Å². The molecule has 1 atom stereocenters. The van der Waals surface area contributed by atoms with Crippen LogP contribution in [0.3, 0.4) is 0 Å². The third-order valence-corrected chi connectivity index (χ3v) is 2.99. The molecule has 1 aromatic carbocycles. The van der Waals surface area contributed by atoms with Crippen molar-refractivity contribution in [3.63, 3.8) is 0 Å². The molecule has 0 spiro atoms. The average Bonchev–Trinajstić information content (AvgIpc) is 2.47. The molecular weight excluding hydrogens is 240 g/mol. The highest BCUT2D eigenvalue weighted by Gasteiger charge is 2.15. The number of ether oxygens (including phenoxy) is 2. The van der Waals surface area contributed by atoms with Gasteiger partial charge in [0.2, 0.25) is 0 Å². The normalized spacial score (nSPS) is 12.6. The SMILES string of the molecule is C/C=C/CCNC(CN)c1cc(OC)ccc1OC. The number of methoxy groups -OCH3 is 2. The lowest BCUT2D eigenvalue weighted by molar-refractivity contribution is 0.390. The molecule has 0 amide bonds. The van der Waals surface area contributed by atoms with Gasteiger partial charge in [-0.25, -0.2) is 0 Å². The second kappa shape index (κ2) is 8.56. The number of rotatable bonds is 8. The summed E-state index contributed by atoms with van der Waals surface area (Å²) in [4.78, 5) is 0. The van der Waals surface area contributed by atoms with Gasteiger partial charge in [-0.2, -0.15) is 0 Å². The molecule has 1 aromatic rings. The molecule has 4 nitrogen and oxygen atoms in total. The molecule has 1 unspecified atom stereocenters. The van der Waals surface area contributed by atoms with Gasteiger partial charge < -0.3 is 20.5 Å². The number of hydrogen-bond acceptors (Lipinski definition) is 4. The lowest BCUT2D eigenvalue weighted by atomic mass is 10.0. The second-order valence-electron chi connectivity index (χ2n) is 4.21. The van der Waals surface area contributed by atoms with Crippen LogP contribution in [0.4, 0.5) is 0 Å². The van der Waals surface area contributed by atoms with E-state index in [1.807, 2.05) is 31.2 Å². The highest BCUT2D eigenvalue weighted by molar-refractivity contribution is 5.42. The van der Waals surface area contributed by atoms with Gasteiger partial charge in [0.15, 0.2) is 0 Å². The third-order valence-electron chi connectivity index (χ3n) is 2.99. The largest absolute Gasteiger partial charge is 0.497 e. The van der Waals surface area contributed by atoms with E-state index in [4.69, 9.17) is 15.2 Å². The molecule has 0 aliphatic rings. The molecule has 0 fully saturated rings. The highest BCUT2D eigenvalue weighted by atomic mass is 16.5. The van der Waals surface area contributed by atoms with Crippen molar-refractivity contribution in [3.05, 3.63) is 35.9 Å². The van der Waals surface area contributed by atoms with Gasteiger partial charge in [0, 0.05) is 18.2 Å². The fourth-order valence-corrected chi connectivity index (χ4v) is 1.94. The molecule has 0 heterocycles. The first-order chi connectivity index (χ1) is 9.26. The predicted octanol–water partition coefficient (Wildman–Crippen LogP) is 2.26. The van der Waals surface area contributed by atoms with E-state index in [1.54, 1.807) is 14.2 Å². The average molecular weight is 264 g/mol. The Morgan fingerprint density at radius 3 is 2.68 bits per heavy atom. The van der Waals surface area contributed by atoms with Gasteiger partial charge in [-0.15, -0.1) is 0 Å². The maximum atomic E-state index is 5.86. The summed E-state index contributed by atoms with van der Waals surface area (Å²) in [6.07, 6.45) is 5.16. The van der Waals surface area contributed by atoms with Crippen LogP contribution in [-0.4, -0.2) is 27.3 Å². The predicted molar refractivity (Wildman–Crippen MR) is 78.8 cm³/mol. The molecule has 0 bridgehead atoms. The first-order valence-electron chi connectivity index (χ1n) is 6.53. The minimum Gasteiger partial charge on any atom is -0.497 e. The van der Waals surface area contributed by atoms with Crippen LogP contribution in [0.15, 0.2) is 30.4 Å². The summed E-state index contributed by atoms with van der Waals surface area (Å²) in [5.74, 6) is 1.64. The Bertz CT molecular complexity index is 405. The van der Waals surface area contributed by atoms with E-state index in [0.29, 0.717) is 6.54 Å². The lowest BCUT2D eigenvalue weighted by Gasteiger charge is -2.20. The standard InChI is InChI=1S/C15H24N2O2/c1-4-5-6-9-17-14(11-16)13-10-12(18-2)7-8-15(13)19-3/h4-5,7-8,10,14,17H,6,9,11,16H2,1-3H3/b5-4+. The van der Waals surface area contributed by atoms with Crippen molar-refractivity contribution in [3.8, 4) is 11.5 Å². The first kappa shape index (κ1) is 15.5. The maximum Gasteiger partial charge on any atom is 0.123 e. The summed E-state index contributed by atoms with van der Waals surface area (Å²) < 4.78 is 10.6. The zero-order valence-electron chi connectivity index (χ0n) is 12.0.